The molecule has 3 heterocycles. The van der Waals surface area contributed by atoms with Crippen molar-refractivity contribution >= 4 is 17.4 Å². The Morgan fingerprint density at radius 2 is 1.93 bits per heavy atom. The van der Waals surface area contributed by atoms with Gasteiger partial charge in [-0.2, -0.15) is 13.2 Å². The van der Waals surface area contributed by atoms with Gasteiger partial charge in [-0.25, -0.2) is 9.97 Å². The van der Waals surface area contributed by atoms with Crippen molar-refractivity contribution in [3.8, 4) is 11.3 Å². The van der Waals surface area contributed by atoms with Gasteiger partial charge in [-0.15, -0.1) is 0 Å². The molecule has 3 rings (SSSR count). The minimum atomic E-state index is -4.56. The van der Waals surface area contributed by atoms with Crippen LogP contribution in [0.25, 0.3) is 22.5 Å². The number of aliphatic imine (C=N–C) groups is 1. The summed E-state index contributed by atoms with van der Waals surface area (Å²) in [5.74, 6) is 0. The lowest BCUT2D eigenvalue weighted by molar-refractivity contribution is -0.141. The first-order valence-electron chi connectivity index (χ1n) is 9.02. The molecule has 8 heteroatoms. The molecule has 0 fully saturated rings. The molecule has 3 aromatic rings. The van der Waals surface area contributed by atoms with Gasteiger partial charge < -0.3 is 10.1 Å². The first-order valence-corrected chi connectivity index (χ1v) is 9.02. The molecule has 0 aliphatic heterocycles. The second kappa shape index (κ2) is 7.69. The van der Waals surface area contributed by atoms with Gasteiger partial charge in [0.1, 0.15) is 11.3 Å². The van der Waals surface area contributed by atoms with E-state index in [4.69, 9.17) is 5.73 Å². The van der Waals surface area contributed by atoms with Crippen molar-refractivity contribution < 1.29 is 13.2 Å². The average Bonchev–Trinajstić information content (AvgIpc) is 3.11. The Hall–Kier alpha value is -3.16. The molecule has 29 heavy (non-hydrogen) atoms. The van der Waals surface area contributed by atoms with Crippen LogP contribution in [0.5, 0.6) is 0 Å². The monoisotopic (exact) mass is 401 g/mol. The zero-order chi connectivity index (χ0) is 21.2. The molecule has 0 radical (unpaired) electrons. The number of pyridine rings is 2. The van der Waals surface area contributed by atoms with Crippen LogP contribution in [0.2, 0.25) is 0 Å². The Labute approximate surface area is 166 Å². The molecule has 0 unspecified atom stereocenters. The molecule has 0 aliphatic rings. The highest BCUT2D eigenvalue weighted by atomic mass is 19.4. The van der Waals surface area contributed by atoms with Crippen molar-refractivity contribution in [2.24, 2.45) is 16.1 Å². The quantitative estimate of drug-likeness (QED) is 0.637. The molecule has 0 aromatic carbocycles. The molecule has 0 amide bonds. The molecule has 5 nitrogen and oxygen atoms in total. The van der Waals surface area contributed by atoms with E-state index in [2.05, 4.69) is 15.0 Å². The standard InChI is InChI=1S/C21H22F3N5/c1-20(2,3)13-26-12-15(11-25)16-4-5-17(21(22,23)24)28-19(16)14-6-8-29-9-7-27-18(29)10-14/h4-12H,13,25H2,1-3H3. The first-order chi connectivity index (χ1) is 13.6. The van der Waals surface area contributed by atoms with Crippen LogP contribution in [0.3, 0.4) is 0 Å². The highest BCUT2D eigenvalue weighted by Gasteiger charge is 2.33. The van der Waals surface area contributed by atoms with Crippen LogP contribution in [-0.2, 0) is 6.18 Å². The number of rotatable bonds is 4. The van der Waals surface area contributed by atoms with Crippen LogP contribution < -0.4 is 5.73 Å². The lowest BCUT2D eigenvalue weighted by Crippen LogP contribution is -2.11. The molecule has 152 valence electrons. The highest BCUT2D eigenvalue weighted by molar-refractivity contribution is 6.11. The molecule has 2 N–H and O–H groups in total. The van der Waals surface area contributed by atoms with Gasteiger partial charge in [-0.1, -0.05) is 20.8 Å². The van der Waals surface area contributed by atoms with Crippen LogP contribution in [0, 0.1) is 5.41 Å². The minimum Gasteiger partial charge on any atom is -0.404 e. The van der Waals surface area contributed by atoms with Gasteiger partial charge in [0.05, 0.1) is 5.69 Å². The number of nitrogens with zero attached hydrogens (tertiary/aromatic N) is 4. The Bertz CT molecular complexity index is 1070. The third kappa shape index (κ3) is 4.82. The SMILES string of the molecule is CC(C)(C)CN=CC(=CN)c1ccc(C(F)(F)F)nc1-c1ccn2ccnc2c1. The summed E-state index contributed by atoms with van der Waals surface area (Å²) in [4.78, 5) is 12.5. The van der Waals surface area contributed by atoms with Crippen molar-refractivity contribution in [3.05, 3.63) is 60.3 Å². The van der Waals surface area contributed by atoms with Gasteiger partial charge in [0, 0.05) is 54.2 Å². The summed E-state index contributed by atoms with van der Waals surface area (Å²) in [6.45, 7) is 6.68. The summed E-state index contributed by atoms with van der Waals surface area (Å²) in [6, 6.07) is 5.71. The van der Waals surface area contributed by atoms with Crippen LogP contribution in [-0.4, -0.2) is 27.1 Å². The molecule has 0 spiro atoms. The van der Waals surface area contributed by atoms with E-state index in [9.17, 15) is 13.2 Å². The second-order valence-corrected chi connectivity index (χ2v) is 7.85. The van der Waals surface area contributed by atoms with Crippen LogP contribution in [0.1, 0.15) is 32.0 Å². The smallest absolute Gasteiger partial charge is 0.404 e. The number of allylic oxidation sites excluding steroid dienone is 1. The fourth-order valence-corrected chi connectivity index (χ4v) is 2.75. The average molecular weight is 401 g/mol. The predicted molar refractivity (Wildman–Crippen MR) is 108 cm³/mol. The normalized spacial score (nSPS) is 13.5. The van der Waals surface area contributed by atoms with Gasteiger partial charge >= 0.3 is 6.18 Å². The fraction of sp³-hybridized carbons (Fsp3) is 0.286. The molecule has 0 atom stereocenters. The van der Waals surface area contributed by atoms with Crippen molar-refractivity contribution in [2.45, 2.75) is 26.9 Å². The van der Waals surface area contributed by atoms with Gasteiger partial charge in [0.2, 0.25) is 0 Å². The van der Waals surface area contributed by atoms with E-state index in [-0.39, 0.29) is 11.1 Å². The summed E-state index contributed by atoms with van der Waals surface area (Å²) in [5, 5.41) is 0. The second-order valence-electron chi connectivity index (χ2n) is 7.85. The van der Waals surface area contributed by atoms with E-state index >= 15 is 0 Å². The summed E-state index contributed by atoms with van der Waals surface area (Å²) in [6.07, 6.45) is 3.44. The number of nitrogens with two attached hydrogens (primary N) is 1. The van der Waals surface area contributed by atoms with Crippen molar-refractivity contribution in [1.82, 2.24) is 14.4 Å². The maximum Gasteiger partial charge on any atom is 0.433 e. The van der Waals surface area contributed by atoms with E-state index in [1.807, 2.05) is 20.8 Å². The molecular weight excluding hydrogens is 379 g/mol. The summed E-state index contributed by atoms with van der Waals surface area (Å²) < 4.78 is 41.6. The predicted octanol–water partition coefficient (Wildman–Crippen LogP) is 4.83. The lowest BCUT2D eigenvalue weighted by atomic mass is 9.97. The van der Waals surface area contributed by atoms with Crippen molar-refractivity contribution in [3.63, 3.8) is 0 Å². The van der Waals surface area contributed by atoms with Gasteiger partial charge in [-0.05, 0) is 29.7 Å². The van der Waals surface area contributed by atoms with Crippen LogP contribution in [0.4, 0.5) is 13.2 Å². The number of hydrogen-bond donors (Lipinski definition) is 1. The number of fused-ring (bicyclic) bond motifs is 1. The summed E-state index contributed by atoms with van der Waals surface area (Å²) >= 11 is 0. The minimum absolute atomic E-state index is 0.0247. The molecule has 0 saturated carbocycles. The molecule has 0 saturated heterocycles. The van der Waals surface area contributed by atoms with Crippen LogP contribution >= 0.6 is 0 Å². The number of imidazole rings is 1. The third-order valence-corrected chi connectivity index (χ3v) is 4.14. The number of aromatic nitrogens is 3. The largest absolute Gasteiger partial charge is 0.433 e. The van der Waals surface area contributed by atoms with Crippen LogP contribution in [0.15, 0.2) is 54.0 Å². The van der Waals surface area contributed by atoms with Crippen molar-refractivity contribution in [2.75, 3.05) is 6.54 Å². The molecular formula is C21H22F3N5. The molecule has 0 aliphatic carbocycles. The van der Waals surface area contributed by atoms with E-state index < -0.39 is 11.9 Å². The zero-order valence-electron chi connectivity index (χ0n) is 16.4. The van der Waals surface area contributed by atoms with Crippen molar-refractivity contribution in [1.29, 1.82) is 0 Å². The number of halogens is 3. The number of hydrogen-bond acceptors (Lipinski definition) is 4. The van der Waals surface area contributed by atoms with E-state index in [0.29, 0.717) is 28.9 Å². The zero-order valence-corrected chi connectivity index (χ0v) is 16.4. The fourth-order valence-electron chi connectivity index (χ4n) is 2.75. The van der Waals surface area contributed by atoms with E-state index in [1.54, 1.807) is 41.3 Å². The Balaban J connectivity index is 2.13. The highest BCUT2D eigenvalue weighted by Crippen LogP contribution is 2.33. The first kappa shape index (κ1) is 20.6. The molecule has 0 bridgehead atoms. The maximum atomic E-state index is 13.3. The van der Waals surface area contributed by atoms with Gasteiger partial charge in [0.25, 0.3) is 0 Å². The Morgan fingerprint density at radius 3 is 2.59 bits per heavy atom. The summed E-state index contributed by atoms with van der Waals surface area (Å²) in [7, 11) is 0. The van der Waals surface area contributed by atoms with Gasteiger partial charge in [-0.3, -0.25) is 4.99 Å². The maximum absolute atomic E-state index is 13.3. The summed E-state index contributed by atoms with van der Waals surface area (Å²) in [5.41, 5.74) is 7.03. The Kier molecular flexibility index (Phi) is 5.46. The van der Waals surface area contributed by atoms with E-state index in [0.717, 1.165) is 6.07 Å². The lowest BCUT2D eigenvalue weighted by Gasteiger charge is -2.15. The topological polar surface area (TPSA) is 68.6 Å². The number of alkyl halides is 3. The van der Waals surface area contributed by atoms with Gasteiger partial charge in [0.15, 0.2) is 0 Å². The Morgan fingerprint density at radius 1 is 1.17 bits per heavy atom. The molecule has 3 aromatic heterocycles. The van der Waals surface area contributed by atoms with E-state index in [1.165, 1.54) is 12.3 Å². The third-order valence-electron chi connectivity index (χ3n) is 4.14.